The van der Waals surface area contributed by atoms with Crippen LogP contribution in [0.2, 0.25) is 0 Å². The minimum atomic E-state index is -0.675. The minimum absolute atomic E-state index is 0.154. The van der Waals surface area contributed by atoms with Gasteiger partial charge in [-0.3, -0.25) is 9.59 Å². The quantitative estimate of drug-likeness (QED) is 0.134. The first kappa shape index (κ1) is 32.8. The first-order valence-corrected chi connectivity index (χ1v) is 13.9. The number of carbonyl (C=O) groups is 2. The van der Waals surface area contributed by atoms with Crippen molar-refractivity contribution in [2.75, 3.05) is 46.2 Å². The number of rotatable bonds is 28. The fourth-order valence-corrected chi connectivity index (χ4v) is 3.76. The molecule has 0 radical (unpaired) electrons. The summed E-state index contributed by atoms with van der Waals surface area (Å²) < 4.78 is 16.0. The molecule has 1 amide bonds. The van der Waals surface area contributed by atoms with E-state index in [-0.39, 0.29) is 5.91 Å². The molecule has 0 saturated carbocycles. The van der Waals surface area contributed by atoms with Crippen molar-refractivity contribution in [2.45, 2.75) is 116 Å². The molecule has 0 aromatic heterocycles. The monoisotopic (exact) mass is 487 g/mol. The predicted octanol–water partition coefficient (Wildman–Crippen LogP) is 5.89. The van der Waals surface area contributed by atoms with E-state index < -0.39 is 5.97 Å². The third-order valence-corrected chi connectivity index (χ3v) is 5.78. The fourth-order valence-electron chi connectivity index (χ4n) is 3.76. The Balaban J connectivity index is 3.15. The van der Waals surface area contributed by atoms with E-state index in [1.807, 2.05) is 6.92 Å². The van der Waals surface area contributed by atoms with Crippen molar-refractivity contribution >= 4 is 11.9 Å². The standard InChI is InChI=1S/C27H53NO6/c1-2-32-22-23-34-25-24-33-21-17-20-28-26(29)18-15-13-11-9-7-5-3-4-6-8-10-12-14-16-19-27(30)31/h2-25H2,1H3,(H,28,29)(H,30,31). The van der Waals surface area contributed by atoms with Crippen molar-refractivity contribution in [3.8, 4) is 0 Å². The molecule has 0 spiro atoms. The highest BCUT2D eigenvalue weighted by Crippen LogP contribution is 2.13. The Morgan fingerprint density at radius 3 is 1.44 bits per heavy atom. The van der Waals surface area contributed by atoms with Gasteiger partial charge in [-0.1, -0.05) is 77.0 Å². The number of carboxylic acid groups (broad SMARTS) is 1. The van der Waals surface area contributed by atoms with Crippen molar-refractivity contribution in [3.05, 3.63) is 0 Å². The molecular formula is C27H53NO6. The average Bonchev–Trinajstić information content (AvgIpc) is 2.82. The number of unbranched alkanes of at least 4 members (excludes halogenated alkanes) is 13. The second-order valence-electron chi connectivity index (χ2n) is 8.97. The molecule has 0 aliphatic heterocycles. The maximum Gasteiger partial charge on any atom is 0.303 e. The Hall–Kier alpha value is -1.18. The molecule has 0 atom stereocenters. The molecule has 0 rings (SSSR count). The fraction of sp³-hybridized carbons (Fsp3) is 0.926. The lowest BCUT2D eigenvalue weighted by Crippen LogP contribution is -2.25. The van der Waals surface area contributed by atoms with Gasteiger partial charge in [0.15, 0.2) is 0 Å². The van der Waals surface area contributed by atoms with Crippen LogP contribution in [-0.2, 0) is 23.8 Å². The molecule has 7 heteroatoms. The van der Waals surface area contributed by atoms with Crippen molar-refractivity contribution in [3.63, 3.8) is 0 Å². The zero-order chi connectivity index (χ0) is 25.0. The summed E-state index contributed by atoms with van der Waals surface area (Å²) in [5.74, 6) is -0.522. The topological polar surface area (TPSA) is 94.1 Å². The Morgan fingerprint density at radius 2 is 0.971 bits per heavy atom. The number of hydrogen-bond acceptors (Lipinski definition) is 5. The van der Waals surface area contributed by atoms with Crippen LogP contribution in [0.3, 0.4) is 0 Å². The summed E-state index contributed by atoms with van der Waals surface area (Å²) in [6, 6.07) is 0. The van der Waals surface area contributed by atoms with E-state index in [4.69, 9.17) is 19.3 Å². The summed E-state index contributed by atoms with van der Waals surface area (Å²) in [5, 5.41) is 11.6. The van der Waals surface area contributed by atoms with Gasteiger partial charge in [0.05, 0.1) is 26.4 Å². The van der Waals surface area contributed by atoms with Crippen LogP contribution in [0.4, 0.5) is 0 Å². The van der Waals surface area contributed by atoms with Gasteiger partial charge in [0.25, 0.3) is 0 Å². The highest BCUT2D eigenvalue weighted by atomic mass is 16.5. The zero-order valence-electron chi connectivity index (χ0n) is 22.0. The molecule has 0 aromatic carbocycles. The number of carboxylic acids is 1. The van der Waals surface area contributed by atoms with Gasteiger partial charge in [-0.15, -0.1) is 0 Å². The molecule has 0 unspecified atom stereocenters. The summed E-state index contributed by atoms with van der Waals surface area (Å²) in [7, 11) is 0. The molecule has 7 nitrogen and oxygen atoms in total. The molecule has 0 aromatic rings. The van der Waals surface area contributed by atoms with Crippen LogP contribution >= 0.6 is 0 Å². The largest absolute Gasteiger partial charge is 0.481 e. The van der Waals surface area contributed by atoms with E-state index in [0.717, 1.165) is 38.7 Å². The van der Waals surface area contributed by atoms with Gasteiger partial charge in [-0.05, 0) is 26.2 Å². The van der Waals surface area contributed by atoms with Gasteiger partial charge < -0.3 is 24.6 Å². The van der Waals surface area contributed by atoms with Crippen molar-refractivity contribution in [2.24, 2.45) is 0 Å². The van der Waals surface area contributed by atoms with E-state index >= 15 is 0 Å². The van der Waals surface area contributed by atoms with Crippen LogP contribution in [0, 0.1) is 0 Å². The third-order valence-electron chi connectivity index (χ3n) is 5.78. The lowest BCUT2D eigenvalue weighted by molar-refractivity contribution is -0.137. The minimum Gasteiger partial charge on any atom is -0.481 e. The average molecular weight is 488 g/mol. The smallest absolute Gasteiger partial charge is 0.303 e. The van der Waals surface area contributed by atoms with Gasteiger partial charge in [0.2, 0.25) is 5.91 Å². The second-order valence-corrected chi connectivity index (χ2v) is 8.97. The van der Waals surface area contributed by atoms with Crippen LogP contribution in [-0.4, -0.2) is 63.2 Å². The van der Waals surface area contributed by atoms with Crippen molar-refractivity contribution in [1.29, 1.82) is 0 Å². The van der Waals surface area contributed by atoms with Crippen LogP contribution in [0.25, 0.3) is 0 Å². The van der Waals surface area contributed by atoms with Gasteiger partial charge in [-0.25, -0.2) is 0 Å². The van der Waals surface area contributed by atoms with Gasteiger partial charge in [0, 0.05) is 32.6 Å². The van der Waals surface area contributed by atoms with Crippen LogP contribution < -0.4 is 5.32 Å². The van der Waals surface area contributed by atoms with Crippen molar-refractivity contribution < 1.29 is 28.9 Å². The van der Waals surface area contributed by atoms with Gasteiger partial charge in [0.1, 0.15) is 0 Å². The van der Waals surface area contributed by atoms with E-state index in [2.05, 4.69) is 5.32 Å². The molecule has 0 fully saturated rings. The Kier molecular flexibility index (Phi) is 27.1. The molecule has 0 aliphatic carbocycles. The molecule has 202 valence electrons. The third kappa shape index (κ3) is 28.9. The number of aliphatic carboxylic acids is 1. The van der Waals surface area contributed by atoms with Gasteiger partial charge in [-0.2, -0.15) is 0 Å². The van der Waals surface area contributed by atoms with Crippen LogP contribution in [0.1, 0.15) is 116 Å². The molecule has 2 N–H and O–H groups in total. The number of carbonyl (C=O) groups excluding carboxylic acids is 1. The van der Waals surface area contributed by atoms with Crippen LogP contribution in [0.15, 0.2) is 0 Å². The number of amides is 1. The SMILES string of the molecule is CCOCCOCCOCCCNC(=O)CCCCCCCCCCCCCCCCC(=O)O. The summed E-state index contributed by atoms with van der Waals surface area (Å²) >= 11 is 0. The molecule has 34 heavy (non-hydrogen) atoms. The molecular weight excluding hydrogens is 434 g/mol. The molecule has 0 heterocycles. The highest BCUT2D eigenvalue weighted by molar-refractivity contribution is 5.75. The van der Waals surface area contributed by atoms with Gasteiger partial charge >= 0.3 is 5.97 Å². The Bertz CT molecular complexity index is 447. The van der Waals surface area contributed by atoms with E-state index in [1.165, 1.54) is 64.2 Å². The predicted molar refractivity (Wildman–Crippen MR) is 137 cm³/mol. The Morgan fingerprint density at radius 1 is 0.559 bits per heavy atom. The highest BCUT2D eigenvalue weighted by Gasteiger charge is 2.01. The maximum absolute atomic E-state index is 11.9. The lowest BCUT2D eigenvalue weighted by Gasteiger charge is -2.07. The Labute approximate surface area is 208 Å². The summed E-state index contributed by atoms with van der Waals surface area (Å²) in [4.78, 5) is 22.3. The number of ether oxygens (including phenoxy) is 3. The van der Waals surface area contributed by atoms with E-state index in [0.29, 0.717) is 52.4 Å². The summed E-state index contributed by atoms with van der Waals surface area (Å²) in [6.45, 7) is 6.40. The number of hydrogen-bond donors (Lipinski definition) is 2. The molecule has 0 saturated heterocycles. The zero-order valence-corrected chi connectivity index (χ0v) is 22.0. The van der Waals surface area contributed by atoms with Crippen LogP contribution in [0.5, 0.6) is 0 Å². The normalized spacial score (nSPS) is 11.1. The van der Waals surface area contributed by atoms with Crippen molar-refractivity contribution in [1.82, 2.24) is 5.32 Å². The second kappa shape index (κ2) is 28.1. The number of nitrogens with one attached hydrogen (secondary N) is 1. The van der Waals surface area contributed by atoms with E-state index in [1.54, 1.807) is 0 Å². The first-order chi connectivity index (χ1) is 16.7. The van der Waals surface area contributed by atoms with E-state index in [9.17, 15) is 9.59 Å². The maximum atomic E-state index is 11.9. The summed E-state index contributed by atoms with van der Waals surface area (Å²) in [5.41, 5.74) is 0. The lowest BCUT2D eigenvalue weighted by atomic mass is 10.0. The molecule has 0 aliphatic rings. The molecule has 0 bridgehead atoms. The summed E-state index contributed by atoms with van der Waals surface area (Å²) in [6.07, 6.45) is 18.6. The first-order valence-electron chi connectivity index (χ1n) is 13.9.